The van der Waals surface area contributed by atoms with Crippen LogP contribution >= 0.6 is 0 Å². The number of carbonyl (C=O) groups is 5. The number of nitrogens with two attached hydrogens (primary N) is 1. The first kappa shape index (κ1) is 33.8. The fourth-order valence-electron chi connectivity index (χ4n) is 5.13. The average Bonchev–Trinajstić information content (AvgIpc) is 2.98. The van der Waals surface area contributed by atoms with Gasteiger partial charge in [0.25, 0.3) is 5.91 Å². The van der Waals surface area contributed by atoms with Crippen LogP contribution in [0.5, 0.6) is 5.75 Å². The van der Waals surface area contributed by atoms with Crippen LogP contribution in [0, 0.1) is 12.8 Å². The van der Waals surface area contributed by atoms with Crippen molar-refractivity contribution in [1.29, 1.82) is 0 Å². The third-order valence-corrected chi connectivity index (χ3v) is 7.47. The summed E-state index contributed by atoms with van der Waals surface area (Å²) < 4.78 is 4.91. The van der Waals surface area contributed by atoms with Gasteiger partial charge in [0.05, 0.1) is 6.61 Å². The quantitative estimate of drug-likeness (QED) is 0.201. The van der Waals surface area contributed by atoms with Gasteiger partial charge in [0.15, 0.2) is 0 Å². The number of ether oxygens (including phenoxy) is 1. The summed E-state index contributed by atoms with van der Waals surface area (Å²) in [6.45, 7) is 7.49. The molecule has 2 aromatic carbocycles. The summed E-state index contributed by atoms with van der Waals surface area (Å²) in [6.07, 6.45) is 3.26. The molecule has 5 N–H and O–H groups in total. The van der Waals surface area contributed by atoms with E-state index in [9.17, 15) is 29.1 Å². The van der Waals surface area contributed by atoms with Crippen LogP contribution in [-0.2, 0) is 36.9 Å². The predicted molar refractivity (Wildman–Crippen MR) is 164 cm³/mol. The number of nitrogens with one attached hydrogen (secondary N) is 2. The van der Waals surface area contributed by atoms with Gasteiger partial charge < -0.3 is 31.1 Å². The van der Waals surface area contributed by atoms with Gasteiger partial charge in [-0.3, -0.25) is 19.2 Å². The summed E-state index contributed by atoms with van der Waals surface area (Å²) in [6, 6.07) is 9.63. The number of esters is 1. The number of amides is 4. The van der Waals surface area contributed by atoms with Crippen LogP contribution in [0.2, 0.25) is 0 Å². The molecule has 0 saturated heterocycles. The molecule has 0 bridgehead atoms. The minimum absolute atomic E-state index is 0.0185. The maximum Gasteiger partial charge on any atom is 0.330 e. The van der Waals surface area contributed by atoms with Crippen molar-refractivity contribution in [2.75, 3.05) is 6.61 Å². The van der Waals surface area contributed by atoms with Crippen molar-refractivity contribution in [2.45, 2.75) is 78.0 Å². The van der Waals surface area contributed by atoms with Crippen LogP contribution in [0.25, 0.3) is 0 Å². The van der Waals surface area contributed by atoms with E-state index in [1.54, 1.807) is 26.0 Å². The van der Waals surface area contributed by atoms with Gasteiger partial charge in [-0.05, 0) is 55.9 Å². The summed E-state index contributed by atoms with van der Waals surface area (Å²) >= 11 is 0. The summed E-state index contributed by atoms with van der Waals surface area (Å²) in [4.78, 5) is 66.1. The van der Waals surface area contributed by atoms with Crippen LogP contribution in [-0.4, -0.2) is 64.3 Å². The zero-order valence-electron chi connectivity index (χ0n) is 25.7. The molecule has 2 aromatic rings. The molecule has 3 atom stereocenters. The second-order valence-corrected chi connectivity index (χ2v) is 11.3. The number of aromatic hydroxyl groups is 1. The van der Waals surface area contributed by atoms with Crippen LogP contribution in [0.3, 0.4) is 0 Å². The number of carbonyl (C=O) groups excluding carboxylic acids is 5. The lowest BCUT2D eigenvalue weighted by atomic mass is 9.91. The highest BCUT2D eigenvalue weighted by Crippen LogP contribution is 2.28. The van der Waals surface area contributed by atoms with E-state index in [1.807, 2.05) is 38.1 Å². The molecule has 4 amide bonds. The van der Waals surface area contributed by atoms with Crippen LogP contribution in [0.15, 0.2) is 54.6 Å². The van der Waals surface area contributed by atoms with E-state index < -0.39 is 47.7 Å². The Labute approximate surface area is 257 Å². The van der Waals surface area contributed by atoms with Crippen molar-refractivity contribution >= 4 is 29.6 Å². The minimum Gasteiger partial charge on any atom is -0.508 e. The highest BCUT2D eigenvalue weighted by Gasteiger charge is 2.37. The summed E-state index contributed by atoms with van der Waals surface area (Å²) in [5.74, 6) is -2.58. The van der Waals surface area contributed by atoms with E-state index in [0.717, 1.165) is 11.1 Å². The molecule has 1 aliphatic heterocycles. The molecule has 11 nitrogen and oxygen atoms in total. The Morgan fingerprint density at radius 1 is 1.07 bits per heavy atom. The van der Waals surface area contributed by atoms with Gasteiger partial charge in [-0.25, -0.2) is 4.79 Å². The summed E-state index contributed by atoms with van der Waals surface area (Å²) in [5, 5.41) is 15.9. The van der Waals surface area contributed by atoms with Gasteiger partial charge in [0.1, 0.15) is 17.8 Å². The lowest BCUT2D eigenvalue weighted by Crippen LogP contribution is -2.57. The number of primary amides is 1. The molecule has 0 spiro atoms. The minimum atomic E-state index is -0.966. The van der Waals surface area contributed by atoms with Crippen molar-refractivity contribution in [3.63, 3.8) is 0 Å². The normalized spacial score (nSPS) is 15.8. The van der Waals surface area contributed by atoms with Gasteiger partial charge in [-0.2, -0.15) is 0 Å². The van der Waals surface area contributed by atoms with Gasteiger partial charge in [-0.15, -0.1) is 0 Å². The molecule has 0 fully saturated rings. The number of nitrogens with zero attached hydrogens (tertiary/aromatic N) is 1. The smallest absolute Gasteiger partial charge is 0.330 e. The summed E-state index contributed by atoms with van der Waals surface area (Å²) in [7, 11) is 0. The van der Waals surface area contributed by atoms with Crippen molar-refractivity contribution in [2.24, 2.45) is 11.7 Å². The van der Waals surface area contributed by atoms with E-state index >= 15 is 0 Å². The zero-order chi connectivity index (χ0) is 32.4. The molecule has 0 aliphatic carbocycles. The van der Waals surface area contributed by atoms with Crippen LogP contribution in [0.4, 0.5) is 0 Å². The van der Waals surface area contributed by atoms with Gasteiger partial charge in [-0.1, -0.05) is 50.3 Å². The first-order valence-electron chi connectivity index (χ1n) is 14.8. The molecule has 0 aromatic heterocycles. The first-order valence-corrected chi connectivity index (χ1v) is 14.8. The SMILES string of the molecule is CCOC(=O)/C=C/[C@H](CCC(N)=O)NC(=O)[C@H](CC(C)C)NC(=O)[C@@H]1Cc2ccccc2CN1C(=O)c1cccc(O)c1C. The Balaban J connectivity index is 1.87. The van der Waals surface area contributed by atoms with Crippen LogP contribution in [0.1, 0.15) is 67.1 Å². The van der Waals surface area contributed by atoms with Crippen molar-refractivity contribution in [3.8, 4) is 5.75 Å². The zero-order valence-corrected chi connectivity index (χ0v) is 25.7. The lowest BCUT2D eigenvalue weighted by Gasteiger charge is -2.37. The molecule has 0 saturated carbocycles. The first-order chi connectivity index (χ1) is 20.9. The Hall–Kier alpha value is -4.67. The second-order valence-electron chi connectivity index (χ2n) is 11.3. The molecule has 1 aliphatic rings. The Bertz CT molecular complexity index is 1400. The number of hydrogen-bond acceptors (Lipinski definition) is 7. The Kier molecular flexibility index (Phi) is 12.1. The number of fused-ring (bicyclic) bond motifs is 1. The van der Waals surface area contributed by atoms with E-state index in [1.165, 1.54) is 23.1 Å². The van der Waals surface area contributed by atoms with Crippen molar-refractivity contribution < 1.29 is 33.8 Å². The van der Waals surface area contributed by atoms with Gasteiger partial charge >= 0.3 is 5.97 Å². The number of phenols is 1. The Morgan fingerprint density at radius 2 is 1.77 bits per heavy atom. The maximum atomic E-state index is 13.9. The number of phenolic OH excluding ortho intramolecular Hbond substituents is 1. The predicted octanol–water partition coefficient (Wildman–Crippen LogP) is 2.67. The monoisotopic (exact) mass is 606 g/mol. The molecular formula is C33H42N4O7. The fourth-order valence-corrected chi connectivity index (χ4v) is 5.13. The molecular weight excluding hydrogens is 564 g/mol. The molecule has 3 rings (SSSR count). The number of hydrogen-bond donors (Lipinski definition) is 4. The third-order valence-electron chi connectivity index (χ3n) is 7.47. The molecule has 44 heavy (non-hydrogen) atoms. The second kappa shape index (κ2) is 15.7. The van der Waals surface area contributed by atoms with E-state index in [2.05, 4.69) is 10.6 Å². The Morgan fingerprint density at radius 3 is 2.43 bits per heavy atom. The molecule has 1 heterocycles. The standard InChI is InChI=1S/C33H42N4O7/c1-5-44-30(40)16-14-24(13-15-29(34)39)35-31(41)26(17-20(2)3)36-32(42)27-18-22-9-6-7-10-23(22)19-37(27)33(43)25-11-8-12-28(38)21(25)4/h6-12,14,16,20,24,26-27,38H,5,13,15,17-19H2,1-4H3,(H2,34,39)(H,35,41)(H,36,42)/b16-14+/t24-,26-,27-/m0/s1. The largest absolute Gasteiger partial charge is 0.508 e. The van der Waals surface area contributed by atoms with E-state index in [-0.39, 0.29) is 49.6 Å². The fraction of sp³-hybridized carbons (Fsp3) is 0.424. The average molecular weight is 607 g/mol. The van der Waals surface area contributed by atoms with Gasteiger partial charge in [0.2, 0.25) is 17.7 Å². The number of benzene rings is 2. The van der Waals surface area contributed by atoms with Gasteiger partial charge in [0, 0.05) is 42.6 Å². The molecule has 0 unspecified atom stereocenters. The van der Waals surface area contributed by atoms with Crippen molar-refractivity contribution in [3.05, 3.63) is 76.9 Å². The molecule has 236 valence electrons. The highest BCUT2D eigenvalue weighted by molar-refractivity contribution is 6.00. The molecule has 11 heteroatoms. The maximum absolute atomic E-state index is 13.9. The molecule has 0 radical (unpaired) electrons. The van der Waals surface area contributed by atoms with E-state index in [4.69, 9.17) is 10.5 Å². The van der Waals surface area contributed by atoms with Crippen molar-refractivity contribution in [1.82, 2.24) is 15.5 Å². The third kappa shape index (κ3) is 9.16. The van der Waals surface area contributed by atoms with Crippen LogP contribution < -0.4 is 16.4 Å². The van der Waals surface area contributed by atoms with E-state index in [0.29, 0.717) is 12.0 Å². The highest BCUT2D eigenvalue weighted by atomic mass is 16.5. The topological polar surface area (TPSA) is 168 Å². The number of rotatable bonds is 13. The lowest BCUT2D eigenvalue weighted by molar-refractivity contribution is -0.137. The summed E-state index contributed by atoms with van der Waals surface area (Å²) in [5.41, 5.74) is 7.83.